The molecular formula is C26H32N2O2. The van der Waals surface area contributed by atoms with Crippen LogP contribution in [0.2, 0.25) is 0 Å². The summed E-state index contributed by atoms with van der Waals surface area (Å²) >= 11 is 0. The van der Waals surface area contributed by atoms with Gasteiger partial charge in [-0.2, -0.15) is 0 Å². The maximum atomic E-state index is 11.8. The Morgan fingerprint density at radius 1 is 0.900 bits per heavy atom. The van der Waals surface area contributed by atoms with Crippen LogP contribution in [0.5, 0.6) is 0 Å². The SMILES string of the molecule is CCOC(=O)C(C)CCCCCC1(C)N=C(c2ccccc2)C(c2ccccc2)=N1. The first-order valence-corrected chi connectivity index (χ1v) is 11.0. The van der Waals surface area contributed by atoms with Crippen molar-refractivity contribution in [2.75, 3.05) is 6.61 Å². The summed E-state index contributed by atoms with van der Waals surface area (Å²) in [6.45, 7) is 6.36. The van der Waals surface area contributed by atoms with E-state index >= 15 is 0 Å². The zero-order valence-corrected chi connectivity index (χ0v) is 18.3. The molecule has 0 aliphatic carbocycles. The smallest absolute Gasteiger partial charge is 0.308 e. The summed E-state index contributed by atoms with van der Waals surface area (Å²) in [6.07, 6.45) is 4.87. The van der Waals surface area contributed by atoms with Crippen LogP contribution in [0, 0.1) is 5.92 Å². The second kappa shape index (κ2) is 10.3. The normalized spacial score (nSPS) is 16.0. The number of aliphatic imine (C=N–C) groups is 2. The minimum atomic E-state index is -0.441. The lowest BCUT2D eigenvalue weighted by atomic mass is 10.00. The van der Waals surface area contributed by atoms with Crippen molar-refractivity contribution in [3.05, 3.63) is 71.8 Å². The van der Waals surface area contributed by atoms with Crippen LogP contribution >= 0.6 is 0 Å². The summed E-state index contributed by atoms with van der Waals surface area (Å²) in [5.41, 5.74) is 3.71. The molecule has 2 aromatic rings. The first kappa shape index (κ1) is 21.9. The molecule has 0 saturated heterocycles. The molecule has 0 N–H and O–H groups in total. The average Bonchev–Trinajstić information content (AvgIpc) is 3.12. The largest absolute Gasteiger partial charge is 0.466 e. The lowest BCUT2D eigenvalue weighted by Crippen LogP contribution is -2.17. The van der Waals surface area contributed by atoms with E-state index in [-0.39, 0.29) is 11.9 Å². The number of hydrogen-bond acceptors (Lipinski definition) is 4. The summed E-state index contributed by atoms with van der Waals surface area (Å²) in [4.78, 5) is 21.9. The molecule has 3 rings (SSSR count). The van der Waals surface area contributed by atoms with Gasteiger partial charge in [0.15, 0.2) is 0 Å². The van der Waals surface area contributed by atoms with Crippen LogP contribution < -0.4 is 0 Å². The molecule has 1 aliphatic heterocycles. The van der Waals surface area contributed by atoms with Crippen LogP contribution in [0.4, 0.5) is 0 Å². The third-order valence-corrected chi connectivity index (χ3v) is 5.50. The zero-order valence-electron chi connectivity index (χ0n) is 18.3. The molecule has 1 unspecified atom stereocenters. The Morgan fingerprint density at radius 2 is 1.43 bits per heavy atom. The minimum absolute atomic E-state index is 0.0302. The van der Waals surface area contributed by atoms with Crippen LogP contribution in [0.3, 0.4) is 0 Å². The summed E-state index contributed by atoms with van der Waals surface area (Å²) in [7, 11) is 0. The Bertz CT molecular complexity index is 832. The predicted octanol–water partition coefficient (Wildman–Crippen LogP) is 5.84. The van der Waals surface area contributed by atoms with Crippen LogP contribution in [0.15, 0.2) is 70.6 Å². The number of carbonyl (C=O) groups excluding carboxylic acids is 1. The molecule has 1 aliphatic rings. The molecule has 4 heteroatoms. The molecule has 158 valence electrons. The number of rotatable bonds is 10. The van der Waals surface area contributed by atoms with Crippen LogP contribution in [0.25, 0.3) is 0 Å². The van der Waals surface area contributed by atoms with Crippen molar-refractivity contribution in [3.63, 3.8) is 0 Å². The molecule has 0 bridgehead atoms. The van der Waals surface area contributed by atoms with Gasteiger partial charge in [0.05, 0.1) is 23.9 Å². The highest BCUT2D eigenvalue weighted by atomic mass is 16.5. The molecule has 0 aromatic heterocycles. The number of esters is 1. The van der Waals surface area contributed by atoms with Gasteiger partial charge in [-0.05, 0) is 33.1 Å². The second-order valence-corrected chi connectivity index (χ2v) is 8.12. The Kier molecular flexibility index (Phi) is 7.56. The maximum absolute atomic E-state index is 11.8. The quantitative estimate of drug-likeness (QED) is 0.369. The lowest BCUT2D eigenvalue weighted by Gasteiger charge is -2.17. The number of carbonyl (C=O) groups is 1. The molecule has 4 nitrogen and oxygen atoms in total. The average molecular weight is 405 g/mol. The van der Waals surface area contributed by atoms with E-state index in [1.165, 1.54) is 0 Å². The molecule has 30 heavy (non-hydrogen) atoms. The van der Waals surface area contributed by atoms with Crippen molar-refractivity contribution in [2.45, 2.75) is 58.5 Å². The molecule has 0 fully saturated rings. The summed E-state index contributed by atoms with van der Waals surface area (Å²) in [6, 6.07) is 20.6. The summed E-state index contributed by atoms with van der Waals surface area (Å²) < 4.78 is 5.09. The second-order valence-electron chi connectivity index (χ2n) is 8.12. The predicted molar refractivity (Wildman–Crippen MR) is 123 cm³/mol. The molecular weight excluding hydrogens is 372 g/mol. The van der Waals surface area contributed by atoms with Crippen molar-refractivity contribution in [1.29, 1.82) is 0 Å². The fourth-order valence-electron chi connectivity index (χ4n) is 3.81. The number of benzene rings is 2. The zero-order chi connectivity index (χ0) is 21.4. The van der Waals surface area contributed by atoms with Gasteiger partial charge in [-0.3, -0.25) is 14.8 Å². The van der Waals surface area contributed by atoms with Crippen molar-refractivity contribution < 1.29 is 9.53 Å². The Balaban J connectivity index is 1.65. The van der Waals surface area contributed by atoms with Gasteiger partial charge in [-0.15, -0.1) is 0 Å². The standard InChI is InChI=1S/C26H32N2O2/c1-4-30-25(29)20(2)14-8-7-13-19-26(3)27-23(21-15-9-5-10-16-21)24(28-26)22-17-11-6-12-18-22/h5-6,9-12,15-18,20H,4,7-8,13-14,19H2,1-3H3. The van der Waals surface area contributed by atoms with Gasteiger partial charge < -0.3 is 4.74 Å². The fraction of sp³-hybridized carbons (Fsp3) is 0.423. The highest BCUT2D eigenvalue weighted by Crippen LogP contribution is 2.30. The van der Waals surface area contributed by atoms with Crippen molar-refractivity contribution in [2.24, 2.45) is 15.9 Å². The third-order valence-electron chi connectivity index (χ3n) is 5.50. The molecule has 1 heterocycles. The monoisotopic (exact) mass is 404 g/mol. The fourth-order valence-corrected chi connectivity index (χ4v) is 3.81. The first-order chi connectivity index (χ1) is 14.5. The highest BCUT2D eigenvalue weighted by molar-refractivity contribution is 6.54. The lowest BCUT2D eigenvalue weighted by molar-refractivity contribution is -0.147. The molecule has 0 radical (unpaired) electrons. The van der Waals surface area contributed by atoms with E-state index in [0.717, 1.165) is 54.7 Å². The Labute approximate surface area is 180 Å². The number of nitrogens with zero attached hydrogens (tertiary/aromatic N) is 2. The molecule has 0 saturated carbocycles. The first-order valence-electron chi connectivity index (χ1n) is 11.0. The summed E-state index contributed by atoms with van der Waals surface area (Å²) in [5, 5.41) is 0. The molecule has 0 amide bonds. The van der Waals surface area contributed by atoms with Crippen LogP contribution in [0.1, 0.15) is 64.0 Å². The number of unbranched alkanes of at least 4 members (excludes halogenated alkanes) is 2. The van der Waals surface area contributed by atoms with E-state index in [4.69, 9.17) is 14.7 Å². The van der Waals surface area contributed by atoms with Crippen LogP contribution in [-0.4, -0.2) is 29.7 Å². The number of hydrogen-bond donors (Lipinski definition) is 0. The van der Waals surface area contributed by atoms with Gasteiger partial charge in [0.2, 0.25) is 0 Å². The van der Waals surface area contributed by atoms with E-state index in [1.807, 2.05) is 50.2 Å². The molecule has 0 spiro atoms. The van der Waals surface area contributed by atoms with E-state index in [0.29, 0.717) is 6.61 Å². The van der Waals surface area contributed by atoms with E-state index < -0.39 is 5.66 Å². The van der Waals surface area contributed by atoms with Gasteiger partial charge in [0.25, 0.3) is 0 Å². The number of ether oxygens (including phenoxy) is 1. The van der Waals surface area contributed by atoms with Crippen molar-refractivity contribution in [1.82, 2.24) is 0 Å². The molecule has 2 aromatic carbocycles. The molecule has 1 atom stereocenters. The summed E-state index contributed by atoms with van der Waals surface area (Å²) in [5.74, 6) is -0.119. The minimum Gasteiger partial charge on any atom is -0.466 e. The van der Waals surface area contributed by atoms with Gasteiger partial charge in [-0.1, -0.05) is 80.4 Å². The Hall–Kier alpha value is -2.75. The highest BCUT2D eigenvalue weighted by Gasteiger charge is 2.32. The van der Waals surface area contributed by atoms with Gasteiger partial charge in [0.1, 0.15) is 5.66 Å². The topological polar surface area (TPSA) is 51.0 Å². The van der Waals surface area contributed by atoms with E-state index in [2.05, 4.69) is 31.2 Å². The third kappa shape index (κ3) is 5.65. The van der Waals surface area contributed by atoms with E-state index in [1.54, 1.807) is 0 Å². The Morgan fingerprint density at radius 3 is 1.93 bits per heavy atom. The van der Waals surface area contributed by atoms with Gasteiger partial charge >= 0.3 is 5.97 Å². The van der Waals surface area contributed by atoms with Gasteiger partial charge in [-0.25, -0.2) is 0 Å². The van der Waals surface area contributed by atoms with Crippen molar-refractivity contribution >= 4 is 17.4 Å². The van der Waals surface area contributed by atoms with Crippen molar-refractivity contribution in [3.8, 4) is 0 Å². The maximum Gasteiger partial charge on any atom is 0.308 e. The van der Waals surface area contributed by atoms with E-state index in [9.17, 15) is 4.79 Å². The van der Waals surface area contributed by atoms with Gasteiger partial charge in [0, 0.05) is 11.1 Å². The van der Waals surface area contributed by atoms with Crippen LogP contribution in [-0.2, 0) is 9.53 Å².